The van der Waals surface area contributed by atoms with E-state index in [0.29, 0.717) is 28.6 Å². The normalized spacial score (nSPS) is 17.4. The number of unbranched alkanes of at least 4 members (excludes halogenated alkanes) is 1. The number of aldehydes is 1. The first-order valence-electron chi connectivity index (χ1n) is 13.5. The third kappa shape index (κ3) is 6.30. The zero-order valence-electron chi connectivity index (χ0n) is 22.2. The fourth-order valence-electron chi connectivity index (χ4n) is 5.79. The van der Waals surface area contributed by atoms with Gasteiger partial charge < -0.3 is 19.9 Å². The summed E-state index contributed by atoms with van der Waals surface area (Å²) < 4.78 is 0. The first-order chi connectivity index (χ1) is 18.8. The molecule has 9 heteroatoms. The van der Waals surface area contributed by atoms with Crippen molar-refractivity contribution in [1.29, 1.82) is 5.26 Å². The number of hydrogen-bond donors (Lipinski definition) is 1. The van der Waals surface area contributed by atoms with E-state index in [4.69, 9.17) is 23.2 Å². The quantitative estimate of drug-likeness (QED) is 0.306. The van der Waals surface area contributed by atoms with E-state index in [1.807, 2.05) is 24.3 Å². The third-order valence-electron chi connectivity index (χ3n) is 8.14. The van der Waals surface area contributed by atoms with Crippen LogP contribution in [0.3, 0.4) is 0 Å². The van der Waals surface area contributed by atoms with Crippen LogP contribution in [0.25, 0.3) is 0 Å². The molecule has 2 aliphatic heterocycles. The molecule has 1 unspecified atom stereocenters. The number of aryl methyl sites for hydroxylation is 1. The number of rotatable bonds is 11. The average molecular weight is 570 g/mol. The minimum Gasteiger partial charge on any atom is -0.357 e. The number of nitriles is 1. The van der Waals surface area contributed by atoms with Crippen LogP contribution >= 0.6 is 23.2 Å². The SMILES string of the molecule is CNC(=O)C(CCC=O)N1Cc2c(CCCCN3CCC(C#N)(c4ccc(Cl)c(Cl)c4)CC3)cccc2C1=O. The summed E-state index contributed by atoms with van der Waals surface area (Å²) in [6.07, 6.45) is 5.66. The lowest BCUT2D eigenvalue weighted by molar-refractivity contribution is -0.125. The van der Waals surface area contributed by atoms with Gasteiger partial charge in [0.05, 0.1) is 21.5 Å². The van der Waals surface area contributed by atoms with Crippen molar-refractivity contribution in [3.63, 3.8) is 0 Å². The molecule has 2 aromatic rings. The fourth-order valence-corrected chi connectivity index (χ4v) is 6.09. The van der Waals surface area contributed by atoms with E-state index in [2.05, 4.69) is 22.4 Å². The van der Waals surface area contributed by atoms with Crippen molar-refractivity contribution in [3.05, 3.63) is 68.7 Å². The molecule has 1 atom stereocenters. The predicted molar refractivity (Wildman–Crippen MR) is 152 cm³/mol. The van der Waals surface area contributed by atoms with Crippen LogP contribution in [-0.4, -0.2) is 60.6 Å². The van der Waals surface area contributed by atoms with Crippen LogP contribution < -0.4 is 5.32 Å². The van der Waals surface area contributed by atoms with Crippen molar-refractivity contribution >= 4 is 41.3 Å². The van der Waals surface area contributed by atoms with Crippen LogP contribution in [-0.2, 0) is 28.0 Å². The predicted octanol–water partition coefficient (Wildman–Crippen LogP) is 4.92. The highest BCUT2D eigenvalue weighted by atomic mass is 35.5. The van der Waals surface area contributed by atoms with Gasteiger partial charge >= 0.3 is 0 Å². The number of benzene rings is 2. The second-order valence-electron chi connectivity index (χ2n) is 10.4. The molecule has 0 aliphatic carbocycles. The molecule has 2 aliphatic rings. The lowest BCUT2D eigenvalue weighted by Crippen LogP contribution is -2.46. The molecule has 4 rings (SSSR count). The Morgan fingerprint density at radius 2 is 1.95 bits per heavy atom. The molecule has 0 aromatic heterocycles. The molecule has 1 fully saturated rings. The molecule has 2 aromatic carbocycles. The zero-order valence-corrected chi connectivity index (χ0v) is 23.7. The Balaban J connectivity index is 1.31. The molecule has 2 amide bonds. The van der Waals surface area contributed by atoms with E-state index in [1.165, 1.54) is 0 Å². The first-order valence-corrected chi connectivity index (χ1v) is 14.2. The van der Waals surface area contributed by atoms with Gasteiger partial charge in [-0.15, -0.1) is 0 Å². The van der Waals surface area contributed by atoms with Crippen LogP contribution in [0.5, 0.6) is 0 Å². The van der Waals surface area contributed by atoms with Gasteiger partial charge in [0.2, 0.25) is 5.91 Å². The Kier molecular flexibility index (Phi) is 9.66. The summed E-state index contributed by atoms with van der Waals surface area (Å²) in [5.74, 6) is -0.400. The lowest BCUT2D eigenvalue weighted by atomic mass is 9.74. The summed E-state index contributed by atoms with van der Waals surface area (Å²) in [5, 5.41) is 13.6. The highest BCUT2D eigenvalue weighted by Crippen LogP contribution is 2.38. The number of likely N-dealkylation sites (tertiary alicyclic amines) is 1. The molecular formula is C30H34Cl2N4O3. The molecule has 2 heterocycles. The van der Waals surface area contributed by atoms with E-state index < -0.39 is 11.5 Å². The van der Waals surface area contributed by atoms with Crippen molar-refractivity contribution < 1.29 is 14.4 Å². The van der Waals surface area contributed by atoms with Crippen LogP contribution in [0.1, 0.15) is 65.6 Å². The Bertz CT molecular complexity index is 1270. The fraction of sp³-hybridized carbons (Fsp3) is 0.467. The number of nitrogens with one attached hydrogen (secondary N) is 1. The summed E-state index contributed by atoms with van der Waals surface area (Å²) in [7, 11) is 1.55. The van der Waals surface area contributed by atoms with Crippen molar-refractivity contribution in [3.8, 4) is 6.07 Å². The summed E-state index contributed by atoms with van der Waals surface area (Å²) in [6, 6.07) is 13.2. The van der Waals surface area contributed by atoms with Crippen molar-refractivity contribution in [1.82, 2.24) is 15.1 Å². The van der Waals surface area contributed by atoms with E-state index in [1.54, 1.807) is 18.0 Å². The molecule has 0 bridgehead atoms. The van der Waals surface area contributed by atoms with Crippen molar-refractivity contribution in [2.75, 3.05) is 26.7 Å². The number of amides is 2. The van der Waals surface area contributed by atoms with E-state index in [0.717, 1.165) is 74.7 Å². The van der Waals surface area contributed by atoms with Crippen LogP contribution in [0.4, 0.5) is 0 Å². The summed E-state index contributed by atoms with van der Waals surface area (Å²) in [6.45, 7) is 3.03. The van der Waals surface area contributed by atoms with E-state index >= 15 is 0 Å². The standard InChI is InChI=1S/C30H34Cl2N4O3/c1-34-28(38)27(9-5-17-37)36-19-24-21(7-4-8-23(24)29(36)39)6-2-3-14-35-15-12-30(20-33,13-16-35)22-10-11-25(31)26(32)18-22/h4,7-8,10-11,17-18,27H,2-3,5-6,9,12-16,19H2,1H3,(H,34,38). The molecule has 7 nitrogen and oxygen atoms in total. The van der Waals surface area contributed by atoms with Crippen molar-refractivity contribution in [2.45, 2.75) is 62.9 Å². The average Bonchev–Trinajstić information content (AvgIpc) is 3.29. The Hall–Kier alpha value is -2.92. The molecule has 39 heavy (non-hydrogen) atoms. The van der Waals surface area contributed by atoms with Crippen LogP contribution in [0.15, 0.2) is 36.4 Å². The van der Waals surface area contributed by atoms with Gasteiger partial charge in [-0.25, -0.2) is 0 Å². The zero-order chi connectivity index (χ0) is 28.0. The third-order valence-corrected chi connectivity index (χ3v) is 8.88. The van der Waals surface area contributed by atoms with Gasteiger partial charge in [0.1, 0.15) is 12.3 Å². The van der Waals surface area contributed by atoms with Gasteiger partial charge in [-0.1, -0.05) is 41.4 Å². The summed E-state index contributed by atoms with van der Waals surface area (Å²) in [5.41, 5.74) is 3.17. The van der Waals surface area contributed by atoms with E-state index in [-0.39, 0.29) is 18.2 Å². The number of likely N-dealkylation sites (N-methyl/N-ethyl adjacent to an activating group) is 1. The highest BCUT2D eigenvalue weighted by Gasteiger charge is 2.38. The largest absolute Gasteiger partial charge is 0.357 e. The summed E-state index contributed by atoms with van der Waals surface area (Å²) in [4.78, 5) is 40.5. The maximum Gasteiger partial charge on any atom is 0.255 e. The Morgan fingerprint density at radius 1 is 1.18 bits per heavy atom. The van der Waals surface area contributed by atoms with Gasteiger partial charge in [0, 0.05) is 25.6 Å². The second kappa shape index (κ2) is 13.0. The molecule has 1 N–H and O–H groups in total. The monoisotopic (exact) mass is 568 g/mol. The Labute approximate surface area is 240 Å². The lowest BCUT2D eigenvalue weighted by Gasteiger charge is -2.37. The number of carbonyl (C=O) groups excluding carboxylic acids is 3. The Morgan fingerprint density at radius 3 is 2.62 bits per heavy atom. The maximum absolute atomic E-state index is 13.1. The number of nitrogens with zero attached hydrogens (tertiary/aromatic N) is 3. The van der Waals surface area contributed by atoms with Gasteiger partial charge in [0.15, 0.2) is 0 Å². The topological polar surface area (TPSA) is 93.5 Å². The molecule has 1 saturated heterocycles. The molecule has 206 valence electrons. The smallest absolute Gasteiger partial charge is 0.255 e. The summed E-state index contributed by atoms with van der Waals surface area (Å²) >= 11 is 12.3. The van der Waals surface area contributed by atoms with Gasteiger partial charge in [-0.2, -0.15) is 5.26 Å². The van der Waals surface area contributed by atoms with Crippen molar-refractivity contribution in [2.24, 2.45) is 0 Å². The minimum atomic E-state index is -0.656. The number of piperidine rings is 1. The maximum atomic E-state index is 13.1. The second-order valence-corrected chi connectivity index (χ2v) is 11.2. The molecule has 0 spiro atoms. The number of carbonyl (C=O) groups is 3. The molecule has 0 radical (unpaired) electrons. The van der Waals surface area contributed by atoms with Crippen LogP contribution in [0, 0.1) is 11.3 Å². The van der Waals surface area contributed by atoms with E-state index in [9.17, 15) is 19.6 Å². The molecule has 0 saturated carbocycles. The molecular weight excluding hydrogens is 535 g/mol. The van der Waals surface area contributed by atoms with Gasteiger partial charge in [-0.3, -0.25) is 9.59 Å². The number of hydrogen-bond acceptors (Lipinski definition) is 5. The van der Waals surface area contributed by atoms with Gasteiger partial charge in [0.25, 0.3) is 5.91 Å². The minimum absolute atomic E-state index is 0.150. The first kappa shape index (κ1) is 29.1. The number of fused-ring (bicyclic) bond motifs is 1. The number of halogens is 2. The van der Waals surface area contributed by atoms with Crippen LogP contribution in [0.2, 0.25) is 10.0 Å². The van der Waals surface area contributed by atoms with Gasteiger partial charge in [-0.05, 0) is 93.0 Å². The highest BCUT2D eigenvalue weighted by molar-refractivity contribution is 6.42.